The van der Waals surface area contributed by atoms with Crippen molar-refractivity contribution in [1.29, 1.82) is 0 Å². The number of carbonyl (C=O) groups excluding carboxylic acids is 3. The lowest BCUT2D eigenvalue weighted by Crippen LogP contribution is -2.36. The van der Waals surface area contributed by atoms with Crippen molar-refractivity contribution < 1.29 is 28.6 Å². The number of ether oxygens (including phenoxy) is 3. The van der Waals surface area contributed by atoms with Crippen LogP contribution in [0.2, 0.25) is 0 Å². The highest BCUT2D eigenvalue weighted by atomic mass is 16.5. The summed E-state index contributed by atoms with van der Waals surface area (Å²) >= 11 is 0. The first-order valence-electron chi connectivity index (χ1n) is 6.28. The van der Waals surface area contributed by atoms with E-state index in [0.29, 0.717) is 5.75 Å². The van der Waals surface area contributed by atoms with E-state index in [1.807, 2.05) is 0 Å². The van der Waals surface area contributed by atoms with Crippen LogP contribution in [0.15, 0.2) is 18.2 Å². The number of nitrogens with one attached hydrogen (secondary N) is 1. The SMILES string of the molecule is COC(=O)CN(C)C(=O)Nc1ccc(OC)cc1C(=O)OC. The van der Waals surface area contributed by atoms with E-state index in [1.165, 1.54) is 40.5 Å². The van der Waals surface area contributed by atoms with Crippen LogP contribution < -0.4 is 10.1 Å². The number of hydrogen-bond donors (Lipinski definition) is 1. The number of rotatable bonds is 5. The lowest BCUT2D eigenvalue weighted by atomic mass is 10.1. The van der Waals surface area contributed by atoms with Gasteiger partial charge >= 0.3 is 18.0 Å². The van der Waals surface area contributed by atoms with Crippen molar-refractivity contribution in [2.24, 2.45) is 0 Å². The van der Waals surface area contributed by atoms with Crippen LogP contribution in [-0.2, 0) is 14.3 Å². The van der Waals surface area contributed by atoms with Gasteiger partial charge < -0.3 is 24.4 Å². The van der Waals surface area contributed by atoms with E-state index in [2.05, 4.69) is 14.8 Å². The maximum atomic E-state index is 12.0. The molecule has 1 rings (SSSR count). The Balaban J connectivity index is 2.94. The molecular weight excluding hydrogens is 292 g/mol. The van der Waals surface area contributed by atoms with Crippen molar-refractivity contribution in [2.75, 3.05) is 40.2 Å². The molecule has 0 aliphatic heterocycles. The first kappa shape index (κ1) is 17.3. The molecule has 0 spiro atoms. The molecule has 0 unspecified atom stereocenters. The van der Waals surface area contributed by atoms with E-state index >= 15 is 0 Å². The second kappa shape index (κ2) is 7.87. The van der Waals surface area contributed by atoms with E-state index in [9.17, 15) is 14.4 Å². The summed E-state index contributed by atoms with van der Waals surface area (Å²) in [7, 11) is 5.34. The first-order chi connectivity index (χ1) is 10.4. The van der Waals surface area contributed by atoms with E-state index < -0.39 is 18.0 Å². The maximum Gasteiger partial charge on any atom is 0.340 e. The van der Waals surface area contributed by atoms with Crippen LogP contribution in [0.5, 0.6) is 5.75 Å². The number of esters is 2. The fourth-order valence-corrected chi connectivity index (χ4v) is 1.58. The molecule has 0 saturated heterocycles. The number of anilines is 1. The van der Waals surface area contributed by atoms with Gasteiger partial charge in [0.05, 0.1) is 32.6 Å². The lowest BCUT2D eigenvalue weighted by molar-refractivity contribution is -0.140. The first-order valence-corrected chi connectivity index (χ1v) is 6.28. The van der Waals surface area contributed by atoms with Crippen LogP contribution in [0.4, 0.5) is 10.5 Å². The molecule has 0 fully saturated rings. The Morgan fingerprint density at radius 3 is 2.36 bits per heavy atom. The van der Waals surface area contributed by atoms with Crippen LogP contribution in [0.3, 0.4) is 0 Å². The van der Waals surface area contributed by atoms with E-state index in [1.54, 1.807) is 6.07 Å². The maximum absolute atomic E-state index is 12.0. The van der Waals surface area contributed by atoms with Gasteiger partial charge in [-0.1, -0.05) is 0 Å². The summed E-state index contributed by atoms with van der Waals surface area (Å²) in [5.41, 5.74) is 0.385. The van der Waals surface area contributed by atoms with Crippen molar-refractivity contribution in [3.05, 3.63) is 23.8 Å². The molecule has 0 aromatic heterocycles. The van der Waals surface area contributed by atoms with Crippen LogP contribution in [0.1, 0.15) is 10.4 Å². The predicted molar refractivity (Wildman–Crippen MR) is 78.0 cm³/mol. The highest BCUT2D eigenvalue weighted by Gasteiger charge is 2.18. The Morgan fingerprint density at radius 1 is 1.14 bits per heavy atom. The van der Waals surface area contributed by atoms with Gasteiger partial charge in [-0.2, -0.15) is 0 Å². The van der Waals surface area contributed by atoms with E-state index in [-0.39, 0.29) is 17.8 Å². The number of nitrogens with zero attached hydrogens (tertiary/aromatic N) is 1. The third-order valence-corrected chi connectivity index (χ3v) is 2.81. The summed E-state index contributed by atoms with van der Waals surface area (Å²) in [5.74, 6) is -0.730. The van der Waals surface area contributed by atoms with Gasteiger partial charge in [-0.3, -0.25) is 4.79 Å². The minimum Gasteiger partial charge on any atom is -0.497 e. The standard InChI is InChI=1S/C14H18N2O6/c1-16(8-12(17)21-3)14(19)15-11-6-5-9(20-2)7-10(11)13(18)22-4/h5-7H,8H2,1-4H3,(H,15,19). The minimum absolute atomic E-state index is 0.140. The van der Waals surface area contributed by atoms with Crippen LogP contribution in [-0.4, -0.2) is 57.8 Å². The third-order valence-electron chi connectivity index (χ3n) is 2.81. The summed E-state index contributed by atoms with van der Waals surface area (Å²) in [6.07, 6.45) is 0. The Kier molecular flexibility index (Phi) is 6.18. The second-order valence-electron chi connectivity index (χ2n) is 4.27. The van der Waals surface area contributed by atoms with E-state index in [0.717, 1.165) is 4.90 Å². The summed E-state index contributed by atoms with van der Waals surface area (Å²) in [4.78, 5) is 36.0. The van der Waals surface area contributed by atoms with E-state index in [4.69, 9.17) is 4.74 Å². The Morgan fingerprint density at radius 2 is 1.82 bits per heavy atom. The van der Waals surface area contributed by atoms with Gasteiger partial charge in [0, 0.05) is 7.05 Å². The summed E-state index contributed by atoms with van der Waals surface area (Å²) in [6.45, 7) is -0.216. The molecule has 1 aromatic rings. The quantitative estimate of drug-likeness (QED) is 0.819. The number of benzene rings is 1. The molecule has 8 nitrogen and oxygen atoms in total. The van der Waals surface area contributed by atoms with Gasteiger partial charge in [0.25, 0.3) is 0 Å². The van der Waals surface area contributed by atoms with Crippen molar-refractivity contribution in [1.82, 2.24) is 4.90 Å². The third kappa shape index (κ3) is 4.37. The topological polar surface area (TPSA) is 94.2 Å². The van der Waals surface area contributed by atoms with Gasteiger partial charge in [-0.05, 0) is 18.2 Å². The normalized spacial score (nSPS) is 9.64. The van der Waals surface area contributed by atoms with Crippen LogP contribution >= 0.6 is 0 Å². The average Bonchev–Trinajstić information content (AvgIpc) is 2.53. The Hall–Kier alpha value is -2.77. The largest absolute Gasteiger partial charge is 0.497 e. The molecule has 0 aliphatic carbocycles. The molecule has 22 heavy (non-hydrogen) atoms. The minimum atomic E-state index is -0.621. The van der Waals surface area contributed by atoms with Crippen LogP contribution in [0, 0.1) is 0 Å². The monoisotopic (exact) mass is 310 g/mol. The summed E-state index contributed by atoms with van der Waals surface area (Å²) < 4.78 is 14.2. The molecule has 1 N–H and O–H groups in total. The second-order valence-corrected chi connectivity index (χ2v) is 4.27. The van der Waals surface area contributed by atoms with Crippen molar-refractivity contribution in [3.8, 4) is 5.75 Å². The molecule has 2 amide bonds. The molecule has 0 heterocycles. The van der Waals surface area contributed by atoms with Gasteiger partial charge in [0.1, 0.15) is 12.3 Å². The molecule has 0 radical (unpaired) electrons. The zero-order valence-electron chi connectivity index (χ0n) is 12.8. The van der Waals surface area contributed by atoms with Gasteiger partial charge in [0.15, 0.2) is 0 Å². The fraction of sp³-hybridized carbons (Fsp3) is 0.357. The molecule has 1 aromatic carbocycles. The average molecular weight is 310 g/mol. The fourth-order valence-electron chi connectivity index (χ4n) is 1.58. The molecule has 0 saturated carbocycles. The number of hydrogen-bond acceptors (Lipinski definition) is 6. The molecule has 0 atom stereocenters. The Labute approximate surface area is 127 Å². The van der Waals surface area contributed by atoms with Crippen molar-refractivity contribution >= 4 is 23.7 Å². The summed E-state index contributed by atoms with van der Waals surface area (Å²) in [6, 6.07) is 3.97. The van der Waals surface area contributed by atoms with Gasteiger partial charge in [0.2, 0.25) is 0 Å². The number of methoxy groups -OCH3 is 3. The van der Waals surface area contributed by atoms with Gasteiger partial charge in [-0.25, -0.2) is 9.59 Å². The number of carbonyl (C=O) groups is 3. The highest BCUT2D eigenvalue weighted by Crippen LogP contribution is 2.23. The number of urea groups is 1. The zero-order chi connectivity index (χ0) is 16.7. The van der Waals surface area contributed by atoms with Gasteiger partial charge in [-0.15, -0.1) is 0 Å². The number of amides is 2. The predicted octanol–water partition coefficient (Wildman–Crippen LogP) is 1.12. The van der Waals surface area contributed by atoms with Crippen molar-refractivity contribution in [2.45, 2.75) is 0 Å². The summed E-state index contributed by atoms with van der Waals surface area (Å²) in [5, 5.41) is 2.53. The molecule has 120 valence electrons. The molecule has 8 heteroatoms. The van der Waals surface area contributed by atoms with Crippen LogP contribution in [0.25, 0.3) is 0 Å². The van der Waals surface area contributed by atoms with Crippen molar-refractivity contribution in [3.63, 3.8) is 0 Å². The molecule has 0 bridgehead atoms. The molecule has 0 aliphatic rings. The molecular formula is C14H18N2O6. The zero-order valence-corrected chi connectivity index (χ0v) is 12.8. The smallest absolute Gasteiger partial charge is 0.340 e. The lowest BCUT2D eigenvalue weighted by Gasteiger charge is -2.18. The number of likely N-dealkylation sites (N-methyl/N-ethyl adjacent to an activating group) is 1. The highest BCUT2D eigenvalue weighted by molar-refractivity contribution is 6.01. The Bertz CT molecular complexity index is 572.